The van der Waals surface area contributed by atoms with Crippen LogP contribution in [0.1, 0.15) is 29.0 Å². The summed E-state index contributed by atoms with van der Waals surface area (Å²) in [7, 11) is 4.45. The maximum atomic E-state index is 14.0. The molecule has 0 amide bonds. The van der Waals surface area contributed by atoms with Gasteiger partial charge in [-0.3, -0.25) is 4.79 Å². The first-order valence-corrected chi connectivity index (χ1v) is 14.1. The third kappa shape index (κ3) is 4.77. The van der Waals surface area contributed by atoms with E-state index in [1.807, 2.05) is 47.2 Å². The minimum Gasteiger partial charge on any atom is -0.833 e. The number of hydrogen-bond acceptors (Lipinski definition) is 6. The number of benzene rings is 1. The fraction of sp³-hybridized carbons (Fsp3) is 0.444. The molecule has 0 spiro atoms. The van der Waals surface area contributed by atoms with E-state index in [-0.39, 0.29) is 12.0 Å². The first-order valence-electron chi connectivity index (χ1n) is 12.0. The zero-order valence-corrected chi connectivity index (χ0v) is 22.3. The van der Waals surface area contributed by atoms with Crippen molar-refractivity contribution in [3.63, 3.8) is 0 Å². The molecule has 2 saturated carbocycles. The third-order valence-electron chi connectivity index (χ3n) is 7.69. The zero-order chi connectivity index (χ0) is 24.6. The molecule has 2 aromatic heterocycles. The van der Waals surface area contributed by atoms with Crippen LogP contribution in [-0.4, -0.2) is 49.8 Å². The highest BCUT2D eigenvalue weighted by Gasteiger charge is 2.56. The van der Waals surface area contributed by atoms with E-state index in [4.69, 9.17) is 21.1 Å². The van der Waals surface area contributed by atoms with Crippen molar-refractivity contribution in [2.24, 2.45) is 11.8 Å². The van der Waals surface area contributed by atoms with Crippen LogP contribution < -0.4 is 9.84 Å². The minimum absolute atomic E-state index is 0.202. The fourth-order valence-corrected chi connectivity index (χ4v) is 7.71. The molecule has 2 aliphatic carbocycles. The van der Waals surface area contributed by atoms with E-state index in [9.17, 15) is 9.90 Å². The number of quaternary nitrogens is 1. The Morgan fingerprint density at radius 1 is 1.11 bits per heavy atom. The number of carbonyl (C=O) groups excluding carboxylic acids is 1. The van der Waals surface area contributed by atoms with Gasteiger partial charge in [0.05, 0.1) is 25.7 Å². The van der Waals surface area contributed by atoms with Crippen molar-refractivity contribution >= 4 is 40.2 Å². The predicted molar refractivity (Wildman–Crippen MR) is 138 cm³/mol. The lowest BCUT2D eigenvalue weighted by Gasteiger charge is -2.41. The Balaban J connectivity index is 1.27. The van der Waals surface area contributed by atoms with Crippen molar-refractivity contribution in [2.45, 2.75) is 37.0 Å². The number of hydrogen-bond donors (Lipinski definition) is 0. The lowest BCUT2D eigenvalue weighted by Crippen LogP contribution is -2.54. The second kappa shape index (κ2) is 9.87. The molecule has 0 N–H and O–H groups in total. The number of likely N-dealkylation sites (N-methyl/N-ethyl adjacent to an activating group) is 1. The average Bonchev–Trinajstić information content (AvgIpc) is 3.64. The molecular weight excluding hydrogens is 502 g/mol. The van der Waals surface area contributed by atoms with E-state index in [1.54, 1.807) is 12.1 Å². The van der Waals surface area contributed by atoms with Gasteiger partial charge in [0.1, 0.15) is 25.0 Å². The summed E-state index contributed by atoms with van der Waals surface area (Å²) < 4.78 is 12.9. The summed E-state index contributed by atoms with van der Waals surface area (Å²) in [6.07, 6.45) is 2.86. The van der Waals surface area contributed by atoms with Gasteiger partial charge in [0.25, 0.3) is 0 Å². The minimum atomic E-state index is -2.00. The highest BCUT2D eigenvalue weighted by Crippen LogP contribution is 2.50. The molecule has 2 aliphatic rings. The lowest BCUT2D eigenvalue weighted by atomic mass is 9.93. The first-order chi connectivity index (χ1) is 16.8. The van der Waals surface area contributed by atoms with Gasteiger partial charge in [0, 0.05) is 33.0 Å². The summed E-state index contributed by atoms with van der Waals surface area (Å²) in [6, 6.07) is 14.9. The van der Waals surface area contributed by atoms with Crippen molar-refractivity contribution in [1.29, 1.82) is 0 Å². The Morgan fingerprint density at radius 3 is 2.46 bits per heavy atom. The van der Waals surface area contributed by atoms with Gasteiger partial charge >= 0.3 is 5.97 Å². The Hall–Kier alpha value is -1.90. The molecule has 0 radical (unpaired) electrons. The van der Waals surface area contributed by atoms with E-state index in [2.05, 4.69) is 14.1 Å². The van der Waals surface area contributed by atoms with Gasteiger partial charge < -0.3 is 19.1 Å². The second-order valence-electron chi connectivity index (χ2n) is 10.1. The second-order valence-corrected chi connectivity index (χ2v) is 12.4. The van der Waals surface area contributed by atoms with Crippen LogP contribution in [0.5, 0.6) is 5.75 Å². The predicted octanol–water partition coefficient (Wildman–Crippen LogP) is 4.93. The molecule has 2 fully saturated rings. The molecular formula is C27H30ClNO4S2. The van der Waals surface area contributed by atoms with Crippen molar-refractivity contribution in [3.05, 3.63) is 74.1 Å². The van der Waals surface area contributed by atoms with E-state index in [1.165, 1.54) is 22.7 Å². The standard InChI is InChI=1S/C27H30ClNO4S2/c1-29(2,12-13-32-20-7-3-6-19(28)17-20)22-16-18-10-11-21(22)25(18)33-26(30)27(31,23-8-4-14-34-23)24-9-5-15-35-24/h3-9,14-15,17-18,21-22,25H,10-13,16H2,1-2H3/t18?,21?,22-,25?/m0/s1. The molecule has 3 aromatic rings. The Labute approximate surface area is 219 Å². The molecule has 35 heavy (non-hydrogen) atoms. The quantitative estimate of drug-likeness (QED) is 0.290. The normalized spacial score (nSPS) is 24.0. The van der Waals surface area contributed by atoms with Crippen LogP contribution in [0.3, 0.4) is 0 Å². The van der Waals surface area contributed by atoms with E-state index >= 15 is 0 Å². The summed E-state index contributed by atoms with van der Waals surface area (Å²) in [6.45, 7) is 1.41. The number of ether oxygens (including phenoxy) is 2. The lowest BCUT2D eigenvalue weighted by molar-refractivity contribution is -0.918. The third-order valence-corrected chi connectivity index (χ3v) is 9.87. The molecule has 2 heterocycles. The van der Waals surface area contributed by atoms with Crippen LogP contribution >= 0.6 is 34.3 Å². The number of thiophene rings is 2. The van der Waals surface area contributed by atoms with Gasteiger partial charge in [0.15, 0.2) is 0 Å². The van der Waals surface area contributed by atoms with E-state index < -0.39 is 11.6 Å². The van der Waals surface area contributed by atoms with Crippen LogP contribution in [0, 0.1) is 11.8 Å². The average molecular weight is 532 g/mol. The summed E-state index contributed by atoms with van der Waals surface area (Å²) in [5.74, 6) is 0.655. The van der Waals surface area contributed by atoms with Crippen LogP contribution in [0.2, 0.25) is 5.02 Å². The molecule has 4 atom stereocenters. The largest absolute Gasteiger partial charge is 0.833 e. The number of fused-ring (bicyclic) bond motifs is 2. The van der Waals surface area contributed by atoms with E-state index in [0.717, 1.165) is 36.0 Å². The van der Waals surface area contributed by atoms with Crippen molar-refractivity contribution < 1.29 is 23.9 Å². The van der Waals surface area contributed by atoms with Gasteiger partial charge in [0.2, 0.25) is 0 Å². The number of nitrogens with zero attached hydrogens (tertiary/aromatic N) is 1. The fourth-order valence-electron chi connectivity index (χ4n) is 5.83. The smallest absolute Gasteiger partial charge is 0.306 e. The SMILES string of the molecule is C[N+](C)(CCOc1cccc(Cl)c1)[C@H]1CC2CCC1C2OC(=O)C([O-])(c1cccs1)c1cccs1. The summed E-state index contributed by atoms with van der Waals surface area (Å²) in [5, 5.41) is 18.4. The Kier molecular flexibility index (Phi) is 6.98. The van der Waals surface area contributed by atoms with E-state index in [0.29, 0.717) is 33.3 Å². The maximum absolute atomic E-state index is 14.0. The Bertz CT molecular complexity index is 1110. The van der Waals surface area contributed by atoms with Gasteiger partial charge in [-0.15, -0.1) is 22.7 Å². The highest BCUT2D eigenvalue weighted by molar-refractivity contribution is 7.12. The van der Waals surface area contributed by atoms with Gasteiger partial charge in [-0.2, -0.15) is 0 Å². The summed E-state index contributed by atoms with van der Waals surface area (Å²) >= 11 is 8.69. The molecule has 5 rings (SSSR count). The van der Waals surface area contributed by atoms with Gasteiger partial charge in [-0.1, -0.05) is 29.8 Å². The molecule has 5 nitrogen and oxygen atoms in total. The van der Waals surface area contributed by atoms with Crippen molar-refractivity contribution in [1.82, 2.24) is 0 Å². The summed E-state index contributed by atoms with van der Waals surface area (Å²) in [4.78, 5) is 14.5. The van der Waals surface area contributed by atoms with Gasteiger partial charge in [-0.05, 0) is 53.9 Å². The van der Waals surface area contributed by atoms with Crippen molar-refractivity contribution in [2.75, 3.05) is 27.2 Å². The monoisotopic (exact) mass is 531 g/mol. The number of rotatable bonds is 9. The maximum Gasteiger partial charge on any atom is 0.306 e. The Morgan fingerprint density at radius 2 is 1.83 bits per heavy atom. The molecule has 0 saturated heterocycles. The number of carbonyl (C=O) groups is 1. The topological polar surface area (TPSA) is 58.6 Å². The van der Waals surface area contributed by atoms with Crippen LogP contribution in [0.25, 0.3) is 0 Å². The molecule has 0 aliphatic heterocycles. The molecule has 3 unspecified atom stereocenters. The molecule has 186 valence electrons. The van der Waals surface area contributed by atoms with Crippen LogP contribution in [-0.2, 0) is 15.1 Å². The molecule has 2 bridgehead atoms. The summed E-state index contributed by atoms with van der Waals surface area (Å²) in [5.41, 5.74) is -2.00. The van der Waals surface area contributed by atoms with Crippen molar-refractivity contribution in [3.8, 4) is 5.75 Å². The van der Waals surface area contributed by atoms with Crippen LogP contribution in [0.4, 0.5) is 0 Å². The number of halogens is 1. The molecule has 1 aromatic carbocycles. The first kappa shape index (κ1) is 24.8. The number of esters is 1. The highest BCUT2D eigenvalue weighted by atomic mass is 35.5. The molecule has 8 heteroatoms. The van der Waals surface area contributed by atoms with Gasteiger partial charge in [-0.25, -0.2) is 0 Å². The van der Waals surface area contributed by atoms with Crippen LogP contribution in [0.15, 0.2) is 59.3 Å². The zero-order valence-electron chi connectivity index (χ0n) is 19.9.